The number of ether oxygens (including phenoxy) is 1. The molecule has 0 spiro atoms. The van der Waals surface area contributed by atoms with E-state index in [2.05, 4.69) is 46.2 Å². The Morgan fingerprint density at radius 2 is 1.92 bits per heavy atom. The second-order valence-electron chi connectivity index (χ2n) is 7.50. The third kappa shape index (κ3) is 5.60. The Morgan fingerprint density at radius 3 is 2.58 bits per heavy atom. The zero-order valence-electron chi connectivity index (χ0n) is 16.1. The molecular weight excluding hydrogens is 302 g/mol. The van der Waals surface area contributed by atoms with Gasteiger partial charge in [-0.1, -0.05) is 13.3 Å². The SMILES string of the molecule is CCN1CCCCC1CNC(=NC)NCC(C)(C)N1CCOCC1. The van der Waals surface area contributed by atoms with E-state index in [1.54, 1.807) is 0 Å². The van der Waals surface area contributed by atoms with Crippen LogP contribution in [0.15, 0.2) is 4.99 Å². The lowest BCUT2D eigenvalue weighted by Crippen LogP contribution is -2.57. The third-order valence-corrected chi connectivity index (χ3v) is 5.44. The van der Waals surface area contributed by atoms with Crippen LogP contribution in [0.2, 0.25) is 0 Å². The van der Waals surface area contributed by atoms with Gasteiger partial charge in [0, 0.05) is 44.8 Å². The number of likely N-dealkylation sites (tertiary alicyclic amines) is 1. The normalized spacial score (nSPS) is 24.8. The van der Waals surface area contributed by atoms with E-state index in [0.29, 0.717) is 6.04 Å². The van der Waals surface area contributed by atoms with Gasteiger partial charge in [-0.05, 0) is 39.8 Å². The molecule has 0 aliphatic carbocycles. The second-order valence-corrected chi connectivity index (χ2v) is 7.50. The van der Waals surface area contributed by atoms with E-state index in [0.717, 1.165) is 51.9 Å². The molecule has 24 heavy (non-hydrogen) atoms. The van der Waals surface area contributed by atoms with Crippen molar-refractivity contribution in [2.24, 2.45) is 4.99 Å². The average Bonchev–Trinajstić information content (AvgIpc) is 2.63. The van der Waals surface area contributed by atoms with Crippen LogP contribution in [0.3, 0.4) is 0 Å². The maximum absolute atomic E-state index is 5.47. The predicted molar refractivity (Wildman–Crippen MR) is 101 cm³/mol. The monoisotopic (exact) mass is 339 g/mol. The number of piperidine rings is 1. The molecule has 2 N–H and O–H groups in total. The maximum atomic E-state index is 5.47. The van der Waals surface area contributed by atoms with Crippen LogP contribution in [0, 0.1) is 0 Å². The molecule has 1 atom stereocenters. The van der Waals surface area contributed by atoms with Gasteiger partial charge in [0.2, 0.25) is 0 Å². The Bertz CT molecular complexity index is 393. The Hall–Kier alpha value is -0.850. The van der Waals surface area contributed by atoms with Crippen molar-refractivity contribution < 1.29 is 4.74 Å². The minimum atomic E-state index is 0.0989. The van der Waals surface area contributed by atoms with Crippen LogP contribution in [0.4, 0.5) is 0 Å². The summed E-state index contributed by atoms with van der Waals surface area (Å²) in [5.74, 6) is 0.915. The summed E-state index contributed by atoms with van der Waals surface area (Å²) >= 11 is 0. The zero-order valence-corrected chi connectivity index (χ0v) is 16.1. The smallest absolute Gasteiger partial charge is 0.191 e. The molecule has 0 radical (unpaired) electrons. The molecule has 0 aromatic rings. The number of guanidine groups is 1. The van der Waals surface area contributed by atoms with E-state index in [1.807, 2.05) is 7.05 Å². The first-order valence-corrected chi connectivity index (χ1v) is 9.58. The molecule has 2 aliphatic heterocycles. The minimum Gasteiger partial charge on any atom is -0.379 e. The first-order valence-electron chi connectivity index (χ1n) is 9.58. The summed E-state index contributed by atoms with van der Waals surface area (Å²) in [5, 5.41) is 7.05. The van der Waals surface area contributed by atoms with E-state index >= 15 is 0 Å². The molecule has 2 fully saturated rings. The molecule has 2 aliphatic rings. The summed E-state index contributed by atoms with van der Waals surface area (Å²) < 4.78 is 5.47. The van der Waals surface area contributed by atoms with E-state index in [4.69, 9.17) is 4.74 Å². The lowest BCUT2D eigenvalue weighted by molar-refractivity contribution is -0.00834. The Balaban J connectivity index is 1.77. The average molecular weight is 340 g/mol. The summed E-state index contributed by atoms with van der Waals surface area (Å²) in [7, 11) is 1.86. The molecule has 140 valence electrons. The first kappa shape index (κ1) is 19.5. The number of aliphatic imine (C=N–C) groups is 1. The number of rotatable bonds is 6. The molecule has 1 unspecified atom stereocenters. The molecule has 0 aromatic carbocycles. The van der Waals surface area contributed by atoms with Gasteiger partial charge in [-0.15, -0.1) is 0 Å². The number of nitrogens with zero attached hydrogens (tertiary/aromatic N) is 3. The first-order chi connectivity index (χ1) is 11.6. The van der Waals surface area contributed by atoms with Crippen molar-refractivity contribution in [2.75, 3.05) is 59.5 Å². The van der Waals surface area contributed by atoms with Gasteiger partial charge in [0.15, 0.2) is 5.96 Å². The number of hydrogen-bond acceptors (Lipinski definition) is 4. The van der Waals surface area contributed by atoms with Gasteiger partial charge in [0.25, 0.3) is 0 Å². The summed E-state index contributed by atoms with van der Waals surface area (Å²) in [5.41, 5.74) is 0.0989. The molecule has 0 amide bonds. The summed E-state index contributed by atoms with van der Waals surface area (Å²) in [4.78, 5) is 9.49. The van der Waals surface area contributed by atoms with Crippen molar-refractivity contribution in [1.82, 2.24) is 20.4 Å². The largest absolute Gasteiger partial charge is 0.379 e. The van der Waals surface area contributed by atoms with E-state index < -0.39 is 0 Å². The van der Waals surface area contributed by atoms with Crippen LogP contribution in [-0.4, -0.2) is 86.9 Å². The quantitative estimate of drug-likeness (QED) is 0.561. The van der Waals surface area contributed by atoms with Crippen LogP contribution < -0.4 is 10.6 Å². The van der Waals surface area contributed by atoms with Gasteiger partial charge in [-0.2, -0.15) is 0 Å². The fourth-order valence-corrected chi connectivity index (χ4v) is 3.72. The molecule has 6 nitrogen and oxygen atoms in total. The lowest BCUT2D eigenvalue weighted by atomic mass is 10.0. The molecular formula is C18H37N5O. The van der Waals surface area contributed by atoms with Crippen molar-refractivity contribution in [2.45, 2.75) is 51.6 Å². The lowest BCUT2D eigenvalue weighted by Gasteiger charge is -2.41. The van der Waals surface area contributed by atoms with Gasteiger partial charge >= 0.3 is 0 Å². The maximum Gasteiger partial charge on any atom is 0.191 e. The van der Waals surface area contributed by atoms with Crippen molar-refractivity contribution in [3.05, 3.63) is 0 Å². The van der Waals surface area contributed by atoms with Gasteiger partial charge in [0.1, 0.15) is 0 Å². The van der Waals surface area contributed by atoms with Crippen molar-refractivity contribution >= 4 is 5.96 Å². The highest BCUT2D eigenvalue weighted by Crippen LogP contribution is 2.16. The third-order valence-electron chi connectivity index (χ3n) is 5.44. The van der Waals surface area contributed by atoms with Crippen molar-refractivity contribution in [3.8, 4) is 0 Å². The van der Waals surface area contributed by atoms with Gasteiger partial charge in [0.05, 0.1) is 13.2 Å². The number of morpholine rings is 1. The van der Waals surface area contributed by atoms with Crippen LogP contribution in [0.5, 0.6) is 0 Å². The van der Waals surface area contributed by atoms with Crippen molar-refractivity contribution in [1.29, 1.82) is 0 Å². The molecule has 0 aromatic heterocycles. The second kappa shape index (κ2) is 9.59. The number of hydrogen-bond donors (Lipinski definition) is 2. The highest BCUT2D eigenvalue weighted by Gasteiger charge is 2.28. The fraction of sp³-hybridized carbons (Fsp3) is 0.944. The van der Waals surface area contributed by atoms with Crippen molar-refractivity contribution in [3.63, 3.8) is 0 Å². The van der Waals surface area contributed by atoms with Gasteiger partial charge in [-0.25, -0.2) is 0 Å². The van der Waals surface area contributed by atoms with Crippen LogP contribution in [0.1, 0.15) is 40.0 Å². The molecule has 0 saturated carbocycles. The highest BCUT2D eigenvalue weighted by atomic mass is 16.5. The molecule has 2 rings (SSSR count). The summed E-state index contributed by atoms with van der Waals surface area (Å²) in [6.07, 6.45) is 3.97. The highest BCUT2D eigenvalue weighted by molar-refractivity contribution is 5.79. The predicted octanol–water partition coefficient (Wildman–Crippen LogP) is 1.14. The Labute approximate surface area is 148 Å². The number of nitrogens with one attached hydrogen (secondary N) is 2. The van der Waals surface area contributed by atoms with E-state index in [1.165, 1.54) is 25.8 Å². The van der Waals surface area contributed by atoms with Crippen LogP contribution in [-0.2, 0) is 4.74 Å². The van der Waals surface area contributed by atoms with Crippen LogP contribution in [0.25, 0.3) is 0 Å². The topological polar surface area (TPSA) is 52.1 Å². The van der Waals surface area contributed by atoms with E-state index in [-0.39, 0.29) is 5.54 Å². The fourth-order valence-electron chi connectivity index (χ4n) is 3.72. The summed E-state index contributed by atoms with van der Waals surface area (Å²) in [6, 6.07) is 0.634. The molecule has 2 saturated heterocycles. The standard InChI is InChI=1S/C18H37N5O/c1-5-22-9-7-6-8-16(22)14-20-17(19-4)21-15-18(2,3)23-10-12-24-13-11-23/h16H,5-15H2,1-4H3,(H2,19,20,21). The minimum absolute atomic E-state index is 0.0989. The Kier molecular flexibility index (Phi) is 7.78. The number of likely N-dealkylation sites (N-methyl/N-ethyl adjacent to an activating group) is 1. The summed E-state index contributed by atoms with van der Waals surface area (Å²) in [6.45, 7) is 14.8. The molecule has 0 bridgehead atoms. The van der Waals surface area contributed by atoms with Gasteiger partial charge < -0.3 is 15.4 Å². The zero-order chi connectivity index (χ0) is 17.4. The Morgan fingerprint density at radius 1 is 1.17 bits per heavy atom. The molecule has 2 heterocycles. The van der Waals surface area contributed by atoms with Gasteiger partial charge in [-0.3, -0.25) is 14.8 Å². The van der Waals surface area contributed by atoms with E-state index in [9.17, 15) is 0 Å². The van der Waals surface area contributed by atoms with Crippen LogP contribution >= 0.6 is 0 Å². The molecule has 6 heteroatoms.